The van der Waals surface area contributed by atoms with E-state index < -0.39 is 0 Å². The number of piperidine rings is 2. The maximum Gasteiger partial charge on any atom is 0.00157 e. The van der Waals surface area contributed by atoms with E-state index in [1.807, 2.05) is 27.7 Å². The minimum absolute atomic E-state index is 0.869. The Bertz CT molecular complexity index is 234. The second-order valence-electron chi connectivity index (χ2n) is 6.95. The number of hydrogen-bond acceptors (Lipinski definition) is 2. The van der Waals surface area contributed by atoms with Gasteiger partial charge in [0, 0.05) is 19.6 Å². The number of likely N-dealkylation sites (tertiary alicyclic amines) is 2. The first-order valence-electron chi connectivity index (χ1n) is 10.0. The molecule has 0 aromatic heterocycles. The predicted molar refractivity (Wildman–Crippen MR) is 101 cm³/mol. The fourth-order valence-corrected chi connectivity index (χ4v) is 3.88. The van der Waals surface area contributed by atoms with Gasteiger partial charge in [-0.1, -0.05) is 55.4 Å². The zero-order chi connectivity index (χ0) is 17.1. The van der Waals surface area contributed by atoms with Crippen molar-refractivity contribution in [2.24, 2.45) is 23.7 Å². The highest BCUT2D eigenvalue weighted by Gasteiger charge is 2.32. The summed E-state index contributed by atoms with van der Waals surface area (Å²) in [6.45, 7) is 25.5. The summed E-state index contributed by atoms with van der Waals surface area (Å²) in [6, 6.07) is 0. The Morgan fingerprint density at radius 1 is 0.773 bits per heavy atom. The van der Waals surface area contributed by atoms with Crippen LogP contribution in [0.1, 0.15) is 68.2 Å². The van der Waals surface area contributed by atoms with Gasteiger partial charge in [0.05, 0.1) is 0 Å². The lowest BCUT2D eigenvalue weighted by Crippen LogP contribution is -2.49. The largest absolute Gasteiger partial charge is 0.303 e. The van der Waals surface area contributed by atoms with Crippen LogP contribution in [0.4, 0.5) is 0 Å². The van der Waals surface area contributed by atoms with E-state index in [-0.39, 0.29) is 0 Å². The highest BCUT2D eigenvalue weighted by atomic mass is 15.2. The summed E-state index contributed by atoms with van der Waals surface area (Å²) >= 11 is 0. The Labute approximate surface area is 141 Å². The smallest absolute Gasteiger partial charge is 0.00157 e. The van der Waals surface area contributed by atoms with Crippen molar-refractivity contribution in [3.8, 4) is 0 Å². The molecule has 0 bridgehead atoms. The van der Waals surface area contributed by atoms with Crippen molar-refractivity contribution in [3.05, 3.63) is 0 Å². The monoisotopic (exact) mass is 312 g/mol. The molecule has 134 valence electrons. The molecule has 2 atom stereocenters. The second kappa shape index (κ2) is 12.4. The molecule has 2 rings (SSSR count). The lowest BCUT2D eigenvalue weighted by atomic mass is 9.78. The van der Waals surface area contributed by atoms with Gasteiger partial charge in [0.15, 0.2) is 0 Å². The van der Waals surface area contributed by atoms with E-state index in [1.54, 1.807) is 0 Å². The third kappa shape index (κ3) is 7.00. The van der Waals surface area contributed by atoms with Crippen molar-refractivity contribution >= 4 is 0 Å². The van der Waals surface area contributed by atoms with Crippen LogP contribution in [0.5, 0.6) is 0 Å². The van der Waals surface area contributed by atoms with Crippen LogP contribution in [0.3, 0.4) is 0 Å². The zero-order valence-electron chi connectivity index (χ0n) is 16.9. The Balaban J connectivity index is 0.00000102. The molecular formula is C20H44N2. The zero-order valence-corrected chi connectivity index (χ0v) is 16.9. The fraction of sp³-hybridized carbons (Fsp3) is 1.00. The van der Waals surface area contributed by atoms with Gasteiger partial charge in [0.2, 0.25) is 0 Å². The van der Waals surface area contributed by atoms with Gasteiger partial charge in [-0.3, -0.25) is 0 Å². The summed E-state index contributed by atoms with van der Waals surface area (Å²) in [6.07, 6.45) is 2.83. The number of hydrogen-bond donors (Lipinski definition) is 0. The van der Waals surface area contributed by atoms with E-state index in [0.29, 0.717) is 0 Å². The van der Waals surface area contributed by atoms with Crippen molar-refractivity contribution < 1.29 is 0 Å². The minimum atomic E-state index is 0.869. The maximum atomic E-state index is 2.74. The molecule has 2 aliphatic rings. The molecular weight excluding hydrogens is 268 g/mol. The van der Waals surface area contributed by atoms with Gasteiger partial charge >= 0.3 is 0 Å². The second-order valence-corrected chi connectivity index (χ2v) is 6.95. The van der Waals surface area contributed by atoms with Gasteiger partial charge in [0.1, 0.15) is 0 Å². The third-order valence-corrected chi connectivity index (χ3v) is 5.35. The van der Waals surface area contributed by atoms with Crippen molar-refractivity contribution in [2.75, 3.05) is 39.3 Å². The third-order valence-electron chi connectivity index (χ3n) is 5.35. The van der Waals surface area contributed by atoms with Gasteiger partial charge in [-0.15, -0.1) is 0 Å². The van der Waals surface area contributed by atoms with Crippen LogP contribution in [-0.2, 0) is 0 Å². The Hall–Kier alpha value is -0.0800. The Morgan fingerprint density at radius 2 is 1.23 bits per heavy atom. The first kappa shape index (κ1) is 21.9. The summed E-state index contributed by atoms with van der Waals surface area (Å²) < 4.78 is 0. The van der Waals surface area contributed by atoms with E-state index >= 15 is 0 Å². The highest BCUT2D eigenvalue weighted by molar-refractivity contribution is 4.85. The molecule has 0 aromatic rings. The highest BCUT2D eigenvalue weighted by Crippen LogP contribution is 2.30. The van der Waals surface area contributed by atoms with E-state index in [2.05, 4.69) is 37.5 Å². The van der Waals surface area contributed by atoms with Crippen LogP contribution in [0.25, 0.3) is 0 Å². The lowest BCUT2D eigenvalue weighted by Gasteiger charge is -2.44. The topological polar surface area (TPSA) is 6.48 Å². The standard InChI is InChI=1S/C16H32N2.2C2H6/c1-5-17-10-14(3)16(15(4)11-17)12-18-8-6-13(2)7-9-18;2*1-2/h13-16H,5-12H2,1-4H3;2*1-2H3. The molecule has 2 nitrogen and oxygen atoms in total. The molecule has 0 aliphatic carbocycles. The first-order valence-corrected chi connectivity index (χ1v) is 10.0. The van der Waals surface area contributed by atoms with E-state index in [9.17, 15) is 0 Å². The van der Waals surface area contributed by atoms with E-state index in [0.717, 1.165) is 23.7 Å². The quantitative estimate of drug-likeness (QED) is 0.724. The molecule has 0 radical (unpaired) electrons. The van der Waals surface area contributed by atoms with Crippen LogP contribution < -0.4 is 0 Å². The molecule has 2 heterocycles. The molecule has 0 saturated carbocycles. The molecule has 2 aliphatic heterocycles. The lowest BCUT2D eigenvalue weighted by molar-refractivity contribution is 0.0461. The summed E-state index contributed by atoms with van der Waals surface area (Å²) in [5.74, 6) is 3.61. The fourth-order valence-electron chi connectivity index (χ4n) is 3.88. The van der Waals surface area contributed by atoms with Gasteiger partial charge in [-0.2, -0.15) is 0 Å². The molecule has 0 aromatic carbocycles. The van der Waals surface area contributed by atoms with Gasteiger partial charge < -0.3 is 9.80 Å². The van der Waals surface area contributed by atoms with Gasteiger partial charge in [0.25, 0.3) is 0 Å². The van der Waals surface area contributed by atoms with Crippen LogP contribution in [0.2, 0.25) is 0 Å². The van der Waals surface area contributed by atoms with Gasteiger partial charge in [-0.25, -0.2) is 0 Å². The van der Waals surface area contributed by atoms with Crippen molar-refractivity contribution in [2.45, 2.75) is 68.2 Å². The summed E-state index contributed by atoms with van der Waals surface area (Å²) in [4.78, 5) is 5.36. The Kier molecular flexibility index (Phi) is 12.3. The Morgan fingerprint density at radius 3 is 1.64 bits per heavy atom. The van der Waals surface area contributed by atoms with Gasteiger partial charge in [-0.05, 0) is 56.1 Å². The van der Waals surface area contributed by atoms with Crippen molar-refractivity contribution in [3.63, 3.8) is 0 Å². The number of nitrogens with zero attached hydrogens (tertiary/aromatic N) is 2. The van der Waals surface area contributed by atoms with E-state index in [4.69, 9.17) is 0 Å². The molecule has 2 unspecified atom stereocenters. The van der Waals surface area contributed by atoms with E-state index in [1.165, 1.54) is 52.1 Å². The van der Waals surface area contributed by atoms with Crippen molar-refractivity contribution in [1.29, 1.82) is 0 Å². The molecule has 2 fully saturated rings. The average molecular weight is 313 g/mol. The normalized spacial score (nSPS) is 30.8. The molecule has 0 N–H and O–H groups in total. The van der Waals surface area contributed by atoms with Crippen LogP contribution in [0, 0.1) is 23.7 Å². The predicted octanol–water partition coefficient (Wildman–Crippen LogP) is 4.99. The molecule has 22 heavy (non-hydrogen) atoms. The summed E-state index contributed by atoms with van der Waals surface area (Å²) in [5, 5.41) is 0. The van der Waals surface area contributed by atoms with Crippen LogP contribution in [-0.4, -0.2) is 49.1 Å². The van der Waals surface area contributed by atoms with Crippen molar-refractivity contribution in [1.82, 2.24) is 9.80 Å². The summed E-state index contributed by atoms with van der Waals surface area (Å²) in [7, 11) is 0. The SMILES string of the molecule is CC.CC.CCN1CC(C)C(CN2CCC(C)CC2)C(C)C1. The number of rotatable bonds is 3. The van der Waals surface area contributed by atoms with Crippen LogP contribution in [0.15, 0.2) is 0 Å². The molecule has 2 saturated heterocycles. The average Bonchev–Trinajstić information content (AvgIpc) is 2.56. The molecule has 2 heteroatoms. The first-order chi connectivity index (χ1) is 10.6. The maximum absolute atomic E-state index is 2.74. The summed E-state index contributed by atoms with van der Waals surface area (Å²) in [5.41, 5.74) is 0. The van der Waals surface area contributed by atoms with Crippen LogP contribution >= 0.6 is 0 Å². The molecule has 0 amide bonds. The molecule has 0 spiro atoms. The minimum Gasteiger partial charge on any atom is -0.303 e.